The minimum atomic E-state index is -0.176. The van der Waals surface area contributed by atoms with Crippen molar-refractivity contribution in [2.45, 2.75) is 19.0 Å². The lowest BCUT2D eigenvalue weighted by Gasteiger charge is -2.12. The van der Waals surface area contributed by atoms with Gasteiger partial charge in [-0.25, -0.2) is 5.10 Å². The highest BCUT2D eigenvalue weighted by molar-refractivity contribution is 7.99. The van der Waals surface area contributed by atoms with Gasteiger partial charge in [-0.3, -0.25) is 4.79 Å². The van der Waals surface area contributed by atoms with Crippen molar-refractivity contribution in [3.8, 4) is 11.5 Å². The van der Waals surface area contributed by atoms with Gasteiger partial charge in [0, 0.05) is 11.8 Å². The van der Waals surface area contributed by atoms with Crippen LogP contribution >= 0.6 is 11.8 Å². The molecule has 8 nitrogen and oxygen atoms in total. The van der Waals surface area contributed by atoms with Crippen LogP contribution in [0.3, 0.4) is 0 Å². The summed E-state index contributed by atoms with van der Waals surface area (Å²) in [7, 11) is 0. The normalized spacial score (nSPS) is 10.3. The average Bonchev–Trinajstić information content (AvgIpc) is 2.94. The molecule has 0 atom stereocenters. The Kier molecular flexibility index (Phi) is 6.10. The smallest absolute Gasteiger partial charge is 0.234 e. The first-order chi connectivity index (χ1) is 11.1. The largest absolute Gasteiger partial charge is 0.490 e. The number of nitrogen functional groups attached to an aromatic ring is 1. The number of H-pyrrole nitrogens is 1. The van der Waals surface area contributed by atoms with Crippen LogP contribution in [-0.4, -0.2) is 40.1 Å². The number of nitrogens with one attached hydrogen (secondary N) is 2. The first-order valence-corrected chi connectivity index (χ1v) is 8.11. The van der Waals surface area contributed by atoms with Crippen molar-refractivity contribution in [2.75, 3.05) is 30.0 Å². The van der Waals surface area contributed by atoms with Gasteiger partial charge in [0.15, 0.2) is 11.5 Å². The number of nitrogens with zero attached hydrogens (tertiary/aromatic N) is 2. The Labute approximate surface area is 138 Å². The first-order valence-electron chi connectivity index (χ1n) is 7.12. The quantitative estimate of drug-likeness (QED) is 0.630. The number of rotatable bonds is 8. The van der Waals surface area contributed by atoms with Gasteiger partial charge in [-0.15, -0.1) is 5.10 Å². The second kappa shape index (κ2) is 8.28. The highest BCUT2D eigenvalue weighted by Gasteiger charge is 2.10. The number of hydrogen-bond acceptors (Lipinski definition) is 7. The zero-order valence-corrected chi connectivity index (χ0v) is 13.8. The number of thioether (sulfide) groups is 1. The Morgan fingerprint density at radius 2 is 2.04 bits per heavy atom. The van der Waals surface area contributed by atoms with Gasteiger partial charge < -0.3 is 20.5 Å². The molecule has 0 spiro atoms. The van der Waals surface area contributed by atoms with Gasteiger partial charge in [0.25, 0.3) is 0 Å². The first kappa shape index (κ1) is 16.9. The summed E-state index contributed by atoms with van der Waals surface area (Å²) in [5, 5.41) is 9.59. The topological polar surface area (TPSA) is 115 Å². The van der Waals surface area contributed by atoms with E-state index in [1.165, 1.54) is 11.8 Å². The highest BCUT2D eigenvalue weighted by atomic mass is 32.2. The predicted molar refractivity (Wildman–Crippen MR) is 88.9 cm³/mol. The Balaban J connectivity index is 1.95. The van der Waals surface area contributed by atoms with E-state index in [4.69, 9.17) is 15.2 Å². The van der Waals surface area contributed by atoms with Gasteiger partial charge in [0.05, 0.1) is 19.0 Å². The molecule has 0 aliphatic heterocycles. The van der Waals surface area contributed by atoms with Crippen LogP contribution in [0.2, 0.25) is 0 Å². The molecule has 4 N–H and O–H groups in total. The van der Waals surface area contributed by atoms with Crippen molar-refractivity contribution >= 4 is 29.3 Å². The van der Waals surface area contributed by atoms with Crippen molar-refractivity contribution in [3.05, 3.63) is 18.2 Å². The fourth-order valence-electron chi connectivity index (χ4n) is 1.78. The maximum absolute atomic E-state index is 12.0. The van der Waals surface area contributed by atoms with Gasteiger partial charge >= 0.3 is 0 Å². The maximum Gasteiger partial charge on any atom is 0.234 e. The van der Waals surface area contributed by atoms with Crippen molar-refractivity contribution in [2.24, 2.45) is 0 Å². The van der Waals surface area contributed by atoms with E-state index in [2.05, 4.69) is 20.5 Å². The summed E-state index contributed by atoms with van der Waals surface area (Å²) in [4.78, 5) is 15.9. The molecule has 1 aromatic heterocycles. The van der Waals surface area contributed by atoms with Crippen molar-refractivity contribution in [3.63, 3.8) is 0 Å². The fraction of sp³-hybridized carbons (Fsp3) is 0.357. The Morgan fingerprint density at radius 3 is 2.70 bits per heavy atom. The number of hydrogen-bond donors (Lipinski definition) is 3. The lowest BCUT2D eigenvalue weighted by Crippen LogP contribution is -2.14. The van der Waals surface area contributed by atoms with Gasteiger partial charge in [0.2, 0.25) is 17.0 Å². The van der Waals surface area contributed by atoms with Crippen LogP contribution in [0.5, 0.6) is 11.5 Å². The molecule has 0 aliphatic carbocycles. The highest BCUT2D eigenvalue weighted by Crippen LogP contribution is 2.30. The van der Waals surface area contributed by atoms with E-state index in [-0.39, 0.29) is 17.6 Å². The van der Waals surface area contributed by atoms with Crippen LogP contribution in [0.4, 0.5) is 11.6 Å². The molecular weight excluding hydrogens is 318 g/mol. The standard InChI is InChI=1S/C14H19N5O3S/c1-3-21-10-6-5-9(7-11(10)22-4-2)16-12(20)8-23-14-17-13(15)18-19-14/h5-7H,3-4,8H2,1-2H3,(H,16,20)(H3,15,17,18,19). The monoisotopic (exact) mass is 337 g/mol. The molecule has 0 radical (unpaired) electrons. The Morgan fingerprint density at radius 1 is 1.30 bits per heavy atom. The second-order valence-electron chi connectivity index (χ2n) is 4.37. The molecule has 1 aromatic carbocycles. The number of carbonyl (C=O) groups excluding carboxylic acids is 1. The third-order valence-corrected chi connectivity index (χ3v) is 3.49. The molecule has 23 heavy (non-hydrogen) atoms. The predicted octanol–water partition coefficient (Wildman–Crippen LogP) is 1.92. The lowest BCUT2D eigenvalue weighted by atomic mass is 10.2. The number of nitrogens with two attached hydrogens (primary N) is 1. The number of benzene rings is 1. The minimum absolute atomic E-state index is 0.175. The van der Waals surface area contributed by atoms with E-state index in [9.17, 15) is 4.79 Å². The summed E-state index contributed by atoms with van der Waals surface area (Å²) in [6.07, 6.45) is 0. The van der Waals surface area contributed by atoms with Crippen LogP contribution in [0.25, 0.3) is 0 Å². The van der Waals surface area contributed by atoms with Gasteiger partial charge in [-0.2, -0.15) is 4.98 Å². The SMILES string of the molecule is CCOc1ccc(NC(=O)CSc2n[nH]c(N)n2)cc1OCC. The Hall–Kier alpha value is -2.42. The molecule has 124 valence electrons. The van der Waals surface area contributed by atoms with Gasteiger partial charge in [0.1, 0.15) is 0 Å². The molecule has 0 saturated carbocycles. The number of amides is 1. The average molecular weight is 337 g/mol. The van der Waals surface area contributed by atoms with Crippen LogP contribution in [0.15, 0.2) is 23.4 Å². The number of ether oxygens (including phenoxy) is 2. The zero-order valence-electron chi connectivity index (χ0n) is 13.0. The molecule has 1 heterocycles. The number of aromatic amines is 1. The molecule has 2 aromatic rings. The van der Waals surface area contributed by atoms with E-state index in [1.807, 2.05) is 13.8 Å². The van der Waals surface area contributed by atoms with Crippen molar-refractivity contribution in [1.29, 1.82) is 0 Å². The molecular formula is C14H19N5O3S. The van der Waals surface area contributed by atoms with Crippen molar-refractivity contribution in [1.82, 2.24) is 15.2 Å². The van der Waals surface area contributed by atoms with Crippen molar-refractivity contribution < 1.29 is 14.3 Å². The van der Waals surface area contributed by atoms with Crippen LogP contribution < -0.4 is 20.5 Å². The zero-order chi connectivity index (χ0) is 16.7. The Bertz CT molecular complexity index is 662. The van der Waals surface area contributed by atoms with Crippen LogP contribution in [0, 0.1) is 0 Å². The maximum atomic E-state index is 12.0. The fourth-order valence-corrected chi connectivity index (χ4v) is 2.38. The molecule has 0 aliphatic rings. The second-order valence-corrected chi connectivity index (χ2v) is 5.31. The summed E-state index contributed by atoms with van der Waals surface area (Å²) in [5.41, 5.74) is 6.06. The summed E-state index contributed by atoms with van der Waals surface area (Å²) in [6, 6.07) is 5.27. The third kappa shape index (κ3) is 5.06. The summed E-state index contributed by atoms with van der Waals surface area (Å²) >= 11 is 1.19. The summed E-state index contributed by atoms with van der Waals surface area (Å²) < 4.78 is 11.0. The summed E-state index contributed by atoms with van der Waals surface area (Å²) in [5.74, 6) is 1.47. The van der Waals surface area contributed by atoms with Crippen LogP contribution in [0.1, 0.15) is 13.8 Å². The third-order valence-electron chi connectivity index (χ3n) is 2.64. The molecule has 0 unspecified atom stereocenters. The van der Waals surface area contributed by atoms with E-state index in [1.54, 1.807) is 18.2 Å². The number of anilines is 2. The van der Waals surface area contributed by atoms with E-state index in [0.29, 0.717) is 35.6 Å². The van der Waals surface area contributed by atoms with Crippen LogP contribution in [-0.2, 0) is 4.79 Å². The molecule has 0 fully saturated rings. The van der Waals surface area contributed by atoms with Gasteiger partial charge in [-0.05, 0) is 26.0 Å². The van der Waals surface area contributed by atoms with E-state index in [0.717, 1.165) is 0 Å². The molecule has 9 heteroatoms. The molecule has 1 amide bonds. The molecule has 0 bridgehead atoms. The lowest BCUT2D eigenvalue weighted by molar-refractivity contribution is -0.113. The van der Waals surface area contributed by atoms with Gasteiger partial charge in [-0.1, -0.05) is 11.8 Å². The molecule has 0 saturated heterocycles. The number of aromatic nitrogens is 3. The summed E-state index contributed by atoms with van der Waals surface area (Å²) in [6.45, 7) is 4.85. The van der Waals surface area contributed by atoms with E-state index >= 15 is 0 Å². The molecule has 2 rings (SSSR count). The minimum Gasteiger partial charge on any atom is -0.490 e. The van der Waals surface area contributed by atoms with E-state index < -0.39 is 0 Å². The number of carbonyl (C=O) groups is 1.